The molecule has 0 aliphatic carbocycles. The van der Waals surface area contributed by atoms with Gasteiger partial charge in [0.1, 0.15) is 5.15 Å². The van der Waals surface area contributed by atoms with Crippen LogP contribution in [0.2, 0.25) is 10.2 Å². The van der Waals surface area contributed by atoms with E-state index in [1.54, 1.807) is 0 Å². The number of nitrogen functional groups attached to an aromatic ring is 1. The van der Waals surface area contributed by atoms with Gasteiger partial charge in [0.25, 0.3) is 5.56 Å². The number of alkyl halides is 3. The molecule has 0 aromatic carbocycles. The summed E-state index contributed by atoms with van der Waals surface area (Å²) in [4.78, 5) is 27.3. The van der Waals surface area contributed by atoms with Crippen molar-refractivity contribution in [2.45, 2.75) is 12.7 Å². The molecular weight excluding hydrogens is 348 g/mol. The third kappa shape index (κ3) is 3.09. The number of rotatable bonds is 2. The maximum absolute atomic E-state index is 12.6. The zero-order valence-corrected chi connectivity index (χ0v) is 12.1. The molecule has 2 N–H and O–H groups in total. The molecule has 11 heteroatoms. The first-order valence-corrected chi connectivity index (χ1v) is 6.36. The Labute approximate surface area is 130 Å². The SMILES string of the molecule is Nn1c(C(F)(F)F)cc(=O)n(Cc2cc(Cl)cnc2Cl)c1=O. The van der Waals surface area contributed by atoms with Crippen LogP contribution in [0, 0.1) is 0 Å². The zero-order valence-electron chi connectivity index (χ0n) is 10.6. The van der Waals surface area contributed by atoms with E-state index >= 15 is 0 Å². The first kappa shape index (κ1) is 16.4. The topological polar surface area (TPSA) is 82.9 Å². The number of nitrogens with zero attached hydrogens (tertiary/aromatic N) is 3. The van der Waals surface area contributed by atoms with E-state index in [1.165, 1.54) is 12.3 Å². The molecule has 0 atom stereocenters. The fraction of sp³-hybridized carbons (Fsp3) is 0.182. The molecule has 0 aliphatic rings. The van der Waals surface area contributed by atoms with Crippen LogP contribution in [-0.4, -0.2) is 14.2 Å². The van der Waals surface area contributed by atoms with Gasteiger partial charge in [0.05, 0.1) is 11.6 Å². The molecule has 2 rings (SSSR count). The van der Waals surface area contributed by atoms with Gasteiger partial charge in [-0.25, -0.2) is 14.5 Å². The molecule has 2 heterocycles. The number of hydrogen-bond acceptors (Lipinski definition) is 4. The number of halogens is 5. The molecular formula is C11H7Cl2F3N4O2. The fourth-order valence-corrected chi connectivity index (χ4v) is 2.05. The summed E-state index contributed by atoms with van der Waals surface area (Å²) in [7, 11) is 0. The van der Waals surface area contributed by atoms with Crippen molar-refractivity contribution in [1.29, 1.82) is 0 Å². The normalized spacial score (nSPS) is 11.7. The number of nitrogens with two attached hydrogens (primary N) is 1. The minimum absolute atomic E-state index is 0.0424. The van der Waals surface area contributed by atoms with Crippen LogP contribution < -0.4 is 17.1 Å². The van der Waals surface area contributed by atoms with Crippen molar-refractivity contribution in [3.8, 4) is 0 Å². The molecule has 2 aromatic heterocycles. The Kier molecular flexibility index (Phi) is 4.21. The highest BCUT2D eigenvalue weighted by Crippen LogP contribution is 2.26. The Hall–Kier alpha value is -2.00. The van der Waals surface area contributed by atoms with Gasteiger partial charge in [-0.3, -0.25) is 9.36 Å². The van der Waals surface area contributed by atoms with Crippen LogP contribution in [0.25, 0.3) is 0 Å². The highest BCUT2D eigenvalue weighted by molar-refractivity contribution is 6.32. The summed E-state index contributed by atoms with van der Waals surface area (Å²) >= 11 is 11.5. The standard InChI is InChI=1S/C11H7Cl2F3N4O2/c12-6-1-5(9(13)18-3-6)4-19-8(21)2-7(11(14,15)16)20(17)10(19)22/h1-3H,4,17H2. The monoisotopic (exact) mass is 354 g/mol. The lowest BCUT2D eigenvalue weighted by Crippen LogP contribution is -2.46. The predicted octanol–water partition coefficient (Wildman–Crippen LogP) is 1.49. The van der Waals surface area contributed by atoms with Crippen molar-refractivity contribution in [1.82, 2.24) is 14.2 Å². The summed E-state index contributed by atoms with van der Waals surface area (Å²) in [6.45, 7) is -0.417. The van der Waals surface area contributed by atoms with Crippen LogP contribution >= 0.6 is 23.2 Å². The van der Waals surface area contributed by atoms with Crippen LogP contribution in [0.15, 0.2) is 27.9 Å². The molecule has 0 unspecified atom stereocenters. The van der Waals surface area contributed by atoms with Gasteiger partial charge in [-0.05, 0) is 6.07 Å². The average molecular weight is 355 g/mol. The smallest absolute Gasteiger partial charge is 0.335 e. The van der Waals surface area contributed by atoms with Crippen molar-refractivity contribution in [3.05, 3.63) is 60.6 Å². The van der Waals surface area contributed by atoms with Crippen LogP contribution in [0.1, 0.15) is 11.3 Å². The number of pyridine rings is 1. The van der Waals surface area contributed by atoms with E-state index in [-0.39, 0.29) is 26.5 Å². The molecule has 0 amide bonds. The van der Waals surface area contributed by atoms with Crippen LogP contribution in [-0.2, 0) is 12.7 Å². The Morgan fingerprint density at radius 2 is 1.86 bits per heavy atom. The van der Waals surface area contributed by atoms with Gasteiger partial charge in [-0.2, -0.15) is 13.2 Å². The maximum Gasteiger partial charge on any atom is 0.433 e. The molecule has 0 fully saturated rings. The van der Waals surface area contributed by atoms with Crippen molar-refractivity contribution in [2.75, 3.05) is 5.84 Å². The zero-order chi connectivity index (χ0) is 16.7. The Balaban J connectivity index is 2.59. The second-order valence-corrected chi connectivity index (χ2v) is 5.00. The summed E-state index contributed by atoms with van der Waals surface area (Å²) < 4.78 is 38.3. The minimum atomic E-state index is -4.93. The van der Waals surface area contributed by atoms with Crippen molar-refractivity contribution in [2.24, 2.45) is 0 Å². The Morgan fingerprint density at radius 1 is 1.23 bits per heavy atom. The molecule has 0 spiro atoms. The van der Waals surface area contributed by atoms with Crippen LogP contribution in [0.4, 0.5) is 13.2 Å². The van der Waals surface area contributed by atoms with Crippen molar-refractivity contribution >= 4 is 23.2 Å². The summed E-state index contributed by atoms with van der Waals surface area (Å²) in [6.07, 6.45) is -3.69. The molecule has 6 nitrogen and oxygen atoms in total. The molecule has 0 radical (unpaired) electrons. The molecule has 0 aliphatic heterocycles. The highest BCUT2D eigenvalue weighted by Gasteiger charge is 2.35. The van der Waals surface area contributed by atoms with Gasteiger partial charge < -0.3 is 5.84 Å². The second kappa shape index (κ2) is 5.65. The third-order valence-electron chi connectivity index (χ3n) is 2.72. The lowest BCUT2D eigenvalue weighted by atomic mass is 10.3. The van der Waals surface area contributed by atoms with Crippen molar-refractivity contribution in [3.63, 3.8) is 0 Å². The minimum Gasteiger partial charge on any atom is -0.335 e. The molecule has 0 saturated heterocycles. The fourth-order valence-electron chi connectivity index (χ4n) is 1.70. The third-order valence-corrected chi connectivity index (χ3v) is 3.27. The van der Waals surface area contributed by atoms with E-state index < -0.39 is 29.7 Å². The Morgan fingerprint density at radius 3 is 2.45 bits per heavy atom. The Bertz CT molecular complexity index is 845. The van der Waals surface area contributed by atoms with E-state index in [4.69, 9.17) is 29.0 Å². The van der Waals surface area contributed by atoms with Gasteiger partial charge in [0, 0.05) is 17.8 Å². The van der Waals surface area contributed by atoms with E-state index in [2.05, 4.69) is 4.98 Å². The van der Waals surface area contributed by atoms with Crippen LogP contribution in [0.5, 0.6) is 0 Å². The predicted molar refractivity (Wildman–Crippen MR) is 73.5 cm³/mol. The summed E-state index contributed by atoms with van der Waals surface area (Å²) in [6, 6.07) is 1.56. The van der Waals surface area contributed by atoms with Gasteiger partial charge in [-0.15, -0.1) is 0 Å². The lowest BCUT2D eigenvalue weighted by molar-refractivity contribution is -0.143. The number of hydrogen-bond donors (Lipinski definition) is 1. The molecule has 2 aromatic rings. The van der Waals surface area contributed by atoms with E-state index in [0.29, 0.717) is 4.57 Å². The molecule has 0 bridgehead atoms. The molecule has 118 valence electrons. The number of aromatic nitrogens is 3. The summed E-state index contributed by atoms with van der Waals surface area (Å²) in [5.74, 6) is 5.11. The van der Waals surface area contributed by atoms with E-state index in [9.17, 15) is 22.8 Å². The molecule has 22 heavy (non-hydrogen) atoms. The van der Waals surface area contributed by atoms with E-state index in [0.717, 1.165) is 0 Å². The van der Waals surface area contributed by atoms with Crippen molar-refractivity contribution < 1.29 is 13.2 Å². The van der Waals surface area contributed by atoms with Crippen LogP contribution in [0.3, 0.4) is 0 Å². The van der Waals surface area contributed by atoms with Gasteiger partial charge in [0.15, 0.2) is 5.69 Å². The van der Waals surface area contributed by atoms with Gasteiger partial charge in [0.2, 0.25) is 0 Å². The quantitative estimate of drug-likeness (QED) is 0.654. The largest absolute Gasteiger partial charge is 0.433 e. The average Bonchev–Trinajstić information content (AvgIpc) is 2.41. The summed E-state index contributed by atoms with van der Waals surface area (Å²) in [5.41, 5.74) is -3.87. The van der Waals surface area contributed by atoms with Gasteiger partial charge >= 0.3 is 11.9 Å². The molecule has 0 saturated carbocycles. The first-order chi connectivity index (χ1) is 10.1. The second-order valence-electron chi connectivity index (χ2n) is 4.21. The maximum atomic E-state index is 12.6. The summed E-state index contributed by atoms with van der Waals surface area (Å²) in [5, 5.41) is 0.145. The van der Waals surface area contributed by atoms with Gasteiger partial charge in [-0.1, -0.05) is 23.2 Å². The highest BCUT2D eigenvalue weighted by atomic mass is 35.5. The lowest BCUT2D eigenvalue weighted by Gasteiger charge is -2.13. The first-order valence-electron chi connectivity index (χ1n) is 5.60. The van der Waals surface area contributed by atoms with E-state index in [1.807, 2.05) is 0 Å².